The molecule has 132 valence electrons. The van der Waals surface area contributed by atoms with E-state index in [-0.39, 0.29) is 11.9 Å². The molecule has 0 spiro atoms. The Hall–Kier alpha value is -1.37. The Morgan fingerprint density at radius 2 is 2.00 bits per heavy atom. The van der Waals surface area contributed by atoms with Crippen LogP contribution in [0.25, 0.3) is 0 Å². The molecule has 0 saturated carbocycles. The van der Waals surface area contributed by atoms with Crippen LogP contribution < -0.4 is 5.32 Å². The van der Waals surface area contributed by atoms with Crippen molar-refractivity contribution in [1.29, 1.82) is 0 Å². The quantitative estimate of drug-likeness (QED) is 0.885. The van der Waals surface area contributed by atoms with Gasteiger partial charge in [0.15, 0.2) is 4.34 Å². The topological polar surface area (TPSA) is 45.2 Å². The van der Waals surface area contributed by atoms with E-state index in [0.717, 1.165) is 14.8 Å². The van der Waals surface area contributed by atoms with E-state index >= 15 is 0 Å². The zero-order valence-corrected chi connectivity index (χ0v) is 16.2. The molecular formula is C19H23N3OS2. The number of aryl methyl sites for hydroxylation is 1. The maximum absolute atomic E-state index is 12.7. The van der Waals surface area contributed by atoms with E-state index in [1.54, 1.807) is 23.1 Å². The second kappa shape index (κ2) is 7.09. The number of carbonyl (C=O) groups excluding carboxylic acids is 1. The van der Waals surface area contributed by atoms with Crippen molar-refractivity contribution in [2.24, 2.45) is 5.92 Å². The van der Waals surface area contributed by atoms with E-state index in [4.69, 9.17) is 0 Å². The van der Waals surface area contributed by atoms with Gasteiger partial charge in [-0.2, -0.15) is 0 Å². The SMILES string of the molecule is Cc1cnc(Sc2ccc(C(=O)NC3C4CCN(CC4)C3C)cc2)s1. The summed E-state index contributed by atoms with van der Waals surface area (Å²) in [5, 5.41) is 3.29. The van der Waals surface area contributed by atoms with Gasteiger partial charge in [0.2, 0.25) is 0 Å². The molecule has 2 aromatic rings. The zero-order chi connectivity index (χ0) is 17.4. The Kier molecular flexibility index (Phi) is 4.84. The summed E-state index contributed by atoms with van der Waals surface area (Å²) in [4.78, 5) is 21.9. The van der Waals surface area contributed by atoms with E-state index in [0.29, 0.717) is 12.0 Å². The molecule has 0 aliphatic carbocycles. The molecule has 25 heavy (non-hydrogen) atoms. The number of piperidine rings is 3. The number of carbonyl (C=O) groups is 1. The maximum Gasteiger partial charge on any atom is 0.251 e. The number of fused-ring (bicyclic) bond motifs is 3. The van der Waals surface area contributed by atoms with Crippen molar-refractivity contribution in [3.05, 3.63) is 40.9 Å². The fraction of sp³-hybridized carbons (Fsp3) is 0.474. The number of hydrogen-bond acceptors (Lipinski definition) is 5. The van der Waals surface area contributed by atoms with Crippen molar-refractivity contribution >= 4 is 29.0 Å². The summed E-state index contributed by atoms with van der Waals surface area (Å²) in [6.45, 7) is 6.66. The third-order valence-electron chi connectivity index (χ3n) is 5.40. The number of benzene rings is 1. The summed E-state index contributed by atoms with van der Waals surface area (Å²) < 4.78 is 1.04. The highest BCUT2D eigenvalue weighted by atomic mass is 32.2. The van der Waals surface area contributed by atoms with Crippen molar-refractivity contribution in [3.63, 3.8) is 0 Å². The highest BCUT2D eigenvalue weighted by molar-refractivity contribution is 8.01. The van der Waals surface area contributed by atoms with E-state index in [1.165, 1.54) is 30.8 Å². The van der Waals surface area contributed by atoms with E-state index in [2.05, 4.69) is 29.0 Å². The maximum atomic E-state index is 12.7. The van der Waals surface area contributed by atoms with Crippen molar-refractivity contribution < 1.29 is 4.79 Å². The molecular weight excluding hydrogens is 350 g/mol. The zero-order valence-electron chi connectivity index (χ0n) is 14.6. The van der Waals surface area contributed by atoms with Gasteiger partial charge in [0.1, 0.15) is 0 Å². The van der Waals surface area contributed by atoms with Crippen LogP contribution in [-0.4, -0.2) is 41.0 Å². The minimum atomic E-state index is 0.0484. The van der Waals surface area contributed by atoms with Gasteiger partial charge in [0.05, 0.1) is 0 Å². The summed E-state index contributed by atoms with van der Waals surface area (Å²) >= 11 is 3.34. The molecule has 4 nitrogen and oxygen atoms in total. The Morgan fingerprint density at radius 3 is 2.60 bits per heavy atom. The lowest BCUT2D eigenvalue weighted by molar-refractivity contribution is 0.0217. The predicted octanol–water partition coefficient (Wildman–Crippen LogP) is 3.82. The summed E-state index contributed by atoms with van der Waals surface area (Å²) in [5.74, 6) is 0.680. The number of amides is 1. The Bertz CT molecular complexity index is 748. The first-order valence-electron chi connectivity index (χ1n) is 8.85. The van der Waals surface area contributed by atoms with Crippen molar-refractivity contribution in [2.75, 3.05) is 13.1 Å². The molecule has 4 heterocycles. The largest absolute Gasteiger partial charge is 0.347 e. The normalized spacial score (nSPS) is 28.1. The van der Waals surface area contributed by atoms with Gasteiger partial charge in [-0.15, -0.1) is 11.3 Å². The standard InChI is InChI=1S/C19H23N3OS2/c1-12-11-20-19(24-12)25-16-5-3-15(4-6-16)18(23)21-17-13(2)22-9-7-14(17)8-10-22/h3-6,11,13-14,17H,7-10H2,1-2H3,(H,21,23). The van der Waals surface area contributed by atoms with Crippen LogP contribution in [0.15, 0.2) is 39.7 Å². The number of rotatable bonds is 4. The highest BCUT2D eigenvalue weighted by Crippen LogP contribution is 2.33. The van der Waals surface area contributed by atoms with Crippen LogP contribution >= 0.6 is 23.1 Å². The van der Waals surface area contributed by atoms with Crippen LogP contribution in [0, 0.1) is 12.8 Å². The smallest absolute Gasteiger partial charge is 0.251 e. The van der Waals surface area contributed by atoms with Crippen LogP contribution in [0.1, 0.15) is 35.0 Å². The molecule has 3 aliphatic rings. The van der Waals surface area contributed by atoms with Crippen LogP contribution in [-0.2, 0) is 0 Å². The third-order valence-corrected chi connectivity index (χ3v) is 7.39. The van der Waals surface area contributed by atoms with Crippen molar-refractivity contribution in [3.8, 4) is 0 Å². The first-order valence-corrected chi connectivity index (χ1v) is 10.5. The molecule has 1 N–H and O–H groups in total. The van der Waals surface area contributed by atoms with Gasteiger partial charge in [-0.3, -0.25) is 9.69 Å². The number of aromatic nitrogens is 1. The van der Waals surface area contributed by atoms with Crippen LogP contribution in [0.2, 0.25) is 0 Å². The second-order valence-electron chi connectivity index (χ2n) is 6.98. The third kappa shape index (κ3) is 3.61. The number of thiazole rings is 1. The minimum Gasteiger partial charge on any atom is -0.347 e. The summed E-state index contributed by atoms with van der Waals surface area (Å²) in [6, 6.07) is 8.59. The van der Waals surface area contributed by atoms with Crippen LogP contribution in [0.5, 0.6) is 0 Å². The first-order chi connectivity index (χ1) is 12.1. The molecule has 3 fully saturated rings. The number of nitrogens with one attached hydrogen (secondary N) is 1. The van der Waals surface area contributed by atoms with Crippen molar-refractivity contribution in [1.82, 2.24) is 15.2 Å². The van der Waals surface area contributed by atoms with Gasteiger partial charge in [-0.25, -0.2) is 4.98 Å². The van der Waals surface area contributed by atoms with Gasteiger partial charge >= 0.3 is 0 Å². The van der Waals surface area contributed by atoms with Crippen LogP contribution in [0.4, 0.5) is 0 Å². The molecule has 1 amide bonds. The molecule has 3 saturated heterocycles. The average Bonchev–Trinajstić information content (AvgIpc) is 3.04. The van der Waals surface area contributed by atoms with Gasteiger partial charge < -0.3 is 5.32 Å². The van der Waals surface area contributed by atoms with Gasteiger partial charge in [-0.1, -0.05) is 11.8 Å². The fourth-order valence-electron chi connectivity index (χ4n) is 3.94. The van der Waals surface area contributed by atoms with E-state index in [9.17, 15) is 4.79 Å². The average molecular weight is 374 g/mol. The number of hydrogen-bond donors (Lipinski definition) is 1. The molecule has 1 aromatic heterocycles. The van der Waals surface area contributed by atoms with Gasteiger partial charge in [-0.05, 0) is 70.0 Å². The van der Waals surface area contributed by atoms with E-state index < -0.39 is 0 Å². The second-order valence-corrected chi connectivity index (χ2v) is 9.53. The summed E-state index contributed by atoms with van der Waals surface area (Å²) in [5.41, 5.74) is 0.739. The predicted molar refractivity (Wildman–Crippen MR) is 102 cm³/mol. The highest BCUT2D eigenvalue weighted by Gasteiger charge is 2.40. The van der Waals surface area contributed by atoms with Gasteiger partial charge in [0.25, 0.3) is 5.91 Å². The Labute approximate surface area is 157 Å². The molecule has 2 unspecified atom stereocenters. The lowest BCUT2D eigenvalue weighted by Gasteiger charge is -2.49. The first kappa shape index (κ1) is 17.1. The lowest BCUT2D eigenvalue weighted by atomic mass is 9.79. The van der Waals surface area contributed by atoms with Crippen molar-refractivity contribution in [2.45, 2.75) is 48.0 Å². The molecule has 5 rings (SSSR count). The molecule has 6 heteroatoms. The molecule has 1 aromatic carbocycles. The Morgan fingerprint density at radius 1 is 1.28 bits per heavy atom. The van der Waals surface area contributed by atoms with E-state index in [1.807, 2.05) is 30.5 Å². The summed E-state index contributed by atoms with van der Waals surface area (Å²) in [6.07, 6.45) is 4.31. The number of nitrogens with zero attached hydrogens (tertiary/aromatic N) is 2. The lowest BCUT2D eigenvalue weighted by Crippen LogP contribution is -2.62. The van der Waals surface area contributed by atoms with Gasteiger partial charge in [0, 0.05) is 33.6 Å². The minimum absolute atomic E-state index is 0.0484. The molecule has 0 radical (unpaired) electrons. The molecule has 2 atom stereocenters. The Balaban J connectivity index is 1.40. The summed E-state index contributed by atoms with van der Waals surface area (Å²) in [7, 11) is 0. The fourth-order valence-corrected chi connectivity index (χ4v) is 5.85. The monoisotopic (exact) mass is 373 g/mol. The molecule has 2 bridgehead atoms. The van der Waals surface area contributed by atoms with Crippen LogP contribution in [0.3, 0.4) is 0 Å². The molecule has 3 aliphatic heterocycles.